The number of carboxylic acid groups (broad SMARTS) is 2. The first-order valence-corrected chi connectivity index (χ1v) is 13.8. The molecular weight excluding hydrogens is 583 g/mol. The van der Waals surface area contributed by atoms with E-state index in [1.54, 1.807) is 11.9 Å². The molecule has 0 aliphatic carbocycles. The number of hydrogen-bond donors (Lipinski definition) is 3. The summed E-state index contributed by atoms with van der Waals surface area (Å²) in [4.78, 5) is 37.9. The Hall–Kier alpha value is -4.47. The first kappa shape index (κ1) is 33.7. The Kier molecular flexibility index (Phi) is 10.8. The van der Waals surface area contributed by atoms with Gasteiger partial charge in [0.25, 0.3) is 10.0 Å². The molecule has 3 rings (SSSR count). The molecule has 42 heavy (non-hydrogen) atoms. The van der Waals surface area contributed by atoms with Crippen molar-refractivity contribution in [2.45, 2.75) is 51.7 Å². The molecule has 2 aromatic heterocycles. The van der Waals surface area contributed by atoms with Crippen LogP contribution >= 0.6 is 0 Å². The number of likely N-dealkylation sites (N-methyl/N-ethyl adjacent to an activating group) is 1. The number of aromatic carboxylic acids is 1. The number of nitrogens with zero attached hydrogens (tertiary/aromatic N) is 4. The molecule has 1 aromatic carbocycles. The van der Waals surface area contributed by atoms with E-state index in [4.69, 9.17) is 9.90 Å². The number of ketones is 1. The lowest BCUT2D eigenvalue weighted by Gasteiger charge is -2.22. The molecule has 0 saturated carbocycles. The molecule has 0 fully saturated rings. The van der Waals surface area contributed by atoms with Gasteiger partial charge in [0.2, 0.25) is 0 Å². The van der Waals surface area contributed by atoms with Gasteiger partial charge >= 0.3 is 18.1 Å². The normalized spacial score (nSPS) is 11.3. The number of aliphatic carboxylic acids is 1. The van der Waals surface area contributed by atoms with Gasteiger partial charge in [-0.05, 0) is 57.9 Å². The zero-order valence-electron chi connectivity index (χ0n) is 23.4. The Morgan fingerprint density at radius 2 is 1.64 bits per heavy atom. The number of aryl methyl sites for hydroxylation is 2. The van der Waals surface area contributed by atoms with Crippen LogP contribution in [0.2, 0.25) is 0 Å². The van der Waals surface area contributed by atoms with E-state index in [9.17, 15) is 36.3 Å². The van der Waals surface area contributed by atoms with Gasteiger partial charge in [0.15, 0.2) is 11.6 Å². The summed E-state index contributed by atoms with van der Waals surface area (Å²) in [5.74, 6) is -3.88. The summed E-state index contributed by atoms with van der Waals surface area (Å²) in [6, 6.07) is 6.75. The third-order valence-corrected chi connectivity index (χ3v) is 7.44. The molecule has 12 nitrogen and oxygen atoms in total. The second kappa shape index (κ2) is 13.5. The minimum absolute atomic E-state index is 0.0424. The molecule has 228 valence electrons. The van der Waals surface area contributed by atoms with Crippen molar-refractivity contribution in [2.24, 2.45) is 0 Å². The van der Waals surface area contributed by atoms with Gasteiger partial charge in [-0.1, -0.05) is 12.1 Å². The molecule has 0 atom stereocenters. The standard InChI is InChI=1S/C24H29N5O5S.C2HF3O2/c1-6-29-16(3)21(15(2)26-29)11-12-28(5)23-22(13-19(14-25-23)24(31)32)27-35(33,34)20-9-7-18(8-10-20)17(4)30;3-2(4,5)1(6)7/h7-10,13-14,27H,6,11-12H2,1-5H3,(H,31,32);(H,6,7). The number of anilines is 2. The number of alkyl halides is 3. The first-order valence-electron chi connectivity index (χ1n) is 12.3. The number of carbonyl (C=O) groups is 3. The van der Waals surface area contributed by atoms with Crippen molar-refractivity contribution in [3.63, 3.8) is 0 Å². The maximum absolute atomic E-state index is 13.0. The van der Waals surface area contributed by atoms with Gasteiger partial charge in [-0.25, -0.2) is 23.0 Å². The first-order chi connectivity index (χ1) is 19.4. The molecule has 0 unspecified atom stereocenters. The average molecular weight is 614 g/mol. The zero-order valence-corrected chi connectivity index (χ0v) is 24.2. The minimum Gasteiger partial charge on any atom is -0.478 e. The van der Waals surface area contributed by atoms with Crippen LogP contribution < -0.4 is 9.62 Å². The fourth-order valence-electron chi connectivity index (χ4n) is 3.82. The van der Waals surface area contributed by atoms with E-state index in [1.165, 1.54) is 43.5 Å². The molecule has 3 aromatic rings. The Balaban J connectivity index is 0.000000782. The number of carboxylic acids is 2. The van der Waals surface area contributed by atoms with Crippen LogP contribution in [0.1, 0.15) is 51.5 Å². The third kappa shape index (κ3) is 8.52. The summed E-state index contributed by atoms with van der Waals surface area (Å²) in [5, 5.41) is 21.1. The molecule has 16 heteroatoms. The molecule has 3 N–H and O–H groups in total. The molecule has 0 aliphatic heterocycles. The molecule has 0 spiro atoms. The van der Waals surface area contributed by atoms with Crippen molar-refractivity contribution in [1.82, 2.24) is 14.8 Å². The predicted octanol–water partition coefficient (Wildman–Crippen LogP) is 3.93. The van der Waals surface area contributed by atoms with E-state index in [0.29, 0.717) is 18.5 Å². The van der Waals surface area contributed by atoms with Gasteiger partial charge in [-0.2, -0.15) is 18.3 Å². The summed E-state index contributed by atoms with van der Waals surface area (Å²) in [7, 11) is -2.31. The van der Waals surface area contributed by atoms with Gasteiger partial charge in [0.1, 0.15) is 0 Å². The van der Waals surface area contributed by atoms with Crippen molar-refractivity contribution >= 4 is 39.3 Å². The quantitative estimate of drug-likeness (QED) is 0.285. The lowest BCUT2D eigenvalue weighted by molar-refractivity contribution is -0.192. The van der Waals surface area contributed by atoms with E-state index in [0.717, 1.165) is 23.5 Å². The van der Waals surface area contributed by atoms with Crippen LogP contribution in [-0.2, 0) is 27.8 Å². The predicted molar refractivity (Wildman–Crippen MR) is 146 cm³/mol. The van der Waals surface area contributed by atoms with Crippen molar-refractivity contribution in [3.05, 3.63) is 64.6 Å². The van der Waals surface area contributed by atoms with Gasteiger partial charge in [-0.15, -0.1) is 0 Å². The minimum atomic E-state index is -5.08. The third-order valence-electron chi connectivity index (χ3n) is 6.06. The second-order valence-electron chi connectivity index (χ2n) is 9.03. The van der Waals surface area contributed by atoms with Gasteiger partial charge < -0.3 is 15.1 Å². The Morgan fingerprint density at radius 1 is 1.07 bits per heavy atom. The van der Waals surface area contributed by atoms with E-state index in [1.807, 2.05) is 25.5 Å². The summed E-state index contributed by atoms with van der Waals surface area (Å²) < 4.78 is 62.2. The molecule has 0 saturated heterocycles. The maximum Gasteiger partial charge on any atom is 0.490 e. The highest BCUT2D eigenvalue weighted by Gasteiger charge is 2.38. The zero-order chi connectivity index (χ0) is 32.0. The highest BCUT2D eigenvalue weighted by atomic mass is 32.2. The number of hydrogen-bond acceptors (Lipinski definition) is 8. The number of benzene rings is 1. The summed E-state index contributed by atoms with van der Waals surface area (Å²) in [6.07, 6.45) is -3.24. The molecule has 0 bridgehead atoms. The second-order valence-corrected chi connectivity index (χ2v) is 10.7. The largest absolute Gasteiger partial charge is 0.490 e. The van der Waals surface area contributed by atoms with Crippen molar-refractivity contribution in [2.75, 3.05) is 23.2 Å². The Bertz CT molecular complexity index is 1570. The molecule has 0 amide bonds. The molecule has 0 radical (unpaired) electrons. The van der Waals surface area contributed by atoms with Crippen LogP contribution in [0.3, 0.4) is 0 Å². The van der Waals surface area contributed by atoms with Crippen LogP contribution in [0.5, 0.6) is 0 Å². The van der Waals surface area contributed by atoms with E-state index in [2.05, 4.69) is 14.8 Å². The van der Waals surface area contributed by atoms with E-state index >= 15 is 0 Å². The number of nitrogens with one attached hydrogen (secondary N) is 1. The number of halogens is 3. The Labute approximate surface area is 239 Å². The topological polar surface area (TPSA) is 172 Å². The highest BCUT2D eigenvalue weighted by molar-refractivity contribution is 7.92. The smallest absolute Gasteiger partial charge is 0.478 e. The van der Waals surface area contributed by atoms with Crippen molar-refractivity contribution in [1.29, 1.82) is 0 Å². The number of sulfonamides is 1. The van der Waals surface area contributed by atoms with E-state index in [-0.39, 0.29) is 27.7 Å². The van der Waals surface area contributed by atoms with E-state index < -0.39 is 28.1 Å². The fraction of sp³-hybridized carbons (Fsp3) is 0.346. The number of pyridine rings is 1. The van der Waals surface area contributed by atoms with Crippen LogP contribution in [0.15, 0.2) is 41.4 Å². The van der Waals surface area contributed by atoms with Gasteiger partial charge in [0, 0.05) is 37.6 Å². The number of aromatic nitrogens is 3. The lowest BCUT2D eigenvalue weighted by Crippen LogP contribution is -2.25. The number of Topliss-reactive ketones (excluding diaryl/α,β-unsaturated/α-hetero) is 1. The van der Waals surface area contributed by atoms with Crippen molar-refractivity contribution in [3.8, 4) is 0 Å². The van der Waals surface area contributed by atoms with Crippen LogP contribution in [0, 0.1) is 13.8 Å². The van der Waals surface area contributed by atoms with Crippen LogP contribution in [0.4, 0.5) is 24.7 Å². The summed E-state index contributed by atoms with van der Waals surface area (Å²) in [6.45, 7) is 8.64. The number of carbonyl (C=O) groups excluding carboxylic acids is 1. The highest BCUT2D eigenvalue weighted by Crippen LogP contribution is 2.27. The Morgan fingerprint density at radius 3 is 2.10 bits per heavy atom. The monoisotopic (exact) mass is 613 g/mol. The summed E-state index contributed by atoms with van der Waals surface area (Å²) >= 11 is 0. The van der Waals surface area contributed by atoms with Crippen LogP contribution in [-0.4, -0.2) is 70.9 Å². The summed E-state index contributed by atoms with van der Waals surface area (Å²) in [5.41, 5.74) is 3.39. The fourth-order valence-corrected chi connectivity index (χ4v) is 4.87. The van der Waals surface area contributed by atoms with Gasteiger partial charge in [-0.3, -0.25) is 14.2 Å². The molecular formula is C26H30F3N5O7S. The maximum atomic E-state index is 13.0. The molecule has 2 heterocycles. The van der Waals surface area contributed by atoms with Gasteiger partial charge in [0.05, 0.1) is 21.8 Å². The van der Waals surface area contributed by atoms with Crippen molar-refractivity contribution < 1.29 is 46.2 Å². The van der Waals surface area contributed by atoms with Crippen LogP contribution in [0.25, 0.3) is 0 Å². The average Bonchev–Trinajstić information content (AvgIpc) is 3.18. The SMILES string of the molecule is CCn1nc(C)c(CCN(C)c2ncc(C(=O)O)cc2NS(=O)(=O)c2ccc(C(C)=O)cc2)c1C.O=C(O)C(F)(F)F. The lowest BCUT2D eigenvalue weighted by atomic mass is 10.1. The molecule has 0 aliphatic rings. The number of rotatable bonds is 10.